The van der Waals surface area contributed by atoms with E-state index < -0.39 is 0 Å². The molecule has 0 amide bonds. The van der Waals surface area contributed by atoms with Crippen LogP contribution in [-0.4, -0.2) is 12.6 Å². The molecule has 0 N–H and O–H groups in total. The second-order valence-corrected chi connectivity index (χ2v) is 5.25. The molecule has 0 aromatic heterocycles. The molecule has 0 saturated heterocycles. The lowest BCUT2D eigenvalue weighted by molar-refractivity contribution is -0.137. The van der Waals surface area contributed by atoms with E-state index in [9.17, 15) is 4.79 Å². The van der Waals surface area contributed by atoms with Crippen LogP contribution in [0.25, 0.3) is 0 Å². The van der Waals surface area contributed by atoms with Crippen molar-refractivity contribution in [1.82, 2.24) is 0 Å². The number of esters is 1. The fourth-order valence-electron chi connectivity index (χ4n) is 2.10. The molecule has 0 heterocycles. The first-order chi connectivity index (χ1) is 9.81. The molecule has 0 fully saturated rings. The van der Waals surface area contributed by atoms with Gasteiger partial charge in [0.05, 0.1) is 6.61 Å². The van der Waals surface area contributed by atoms with Crippen LogP contribution in [0.1, 0.15) is 77.6 Å². The molecular formula is C18H32O2. The smallest absolute Gasteiger partial charge is 0.330 e. The van der Waals surface area contributed by atoms with Crippen molar-refractivity contribution in [2.45, 2.75) is 77.6 Å². The van der Waals surface area contributed by atoms with Crippen molar-refractivity contribution in [2.75, 3.05) is 6.61 Å². The highest BCUT2D eigenvalue weighted by Gasteiger charge is 1.92. The summed E-state index contributed by atoms with van der Waals surface area (Å²) in [5.74, 6) is -0.336. The van der Waals surface area contributed by atoms with Gasteiger partial charge in [0.1, 0.15) is 0 Å². The second kappa shape index (κ2) is 16.0. The zero-order valence-corrected chi connectivity index (χ0v) is 13.2. The van der Waals surface area contributed by atoms with Crippen LogP contribution in [0.2, 0.25) is 0 Å². The van der Waals surface area contributed by atoms with Crippen LogP contribution in [0.5, 0.6) is 0 Å². The molecule has 0 spiro atoms. The highest BCUT2D eigenvalue weighted by molar-refractivity contribution is 5.81. The van der Waals surface area contributed by atoms with Crippen LogP contribution in [0.4, 0.5) is 0 Å². The molecule has 20 heavy (non-hydrogen) atoms. The summed E-state index contributed by atoms with van der Waals surface area (Å²) in [7, 11) is 0. The number of rotatable bonds is 14. The zero-order chi connectivity index (χ0) is 14.9. The molecule has 0 aliphatic rings. The van der Waals surface area contributed by atoms with Gasteiger partial charge in [0.2, 0.25) is 0 Å². The summed E-state index contributed by atoms with van der Waals surface area (Å²) >= 11 is 0. The third-order valence-electron chi connectivity index (χ3n) is 3.34. The van der Waals surface area contributed by atoms with Crippen LogP contribution >= 0.6 is 0 Å². The van der Waals surface area contributed by atoms with E-state index in [1.54, 1.807) is 0 Å². The number of hydrogen-bond acceptors (Lipinski definition) is 2. The summed E-state index contributed by atoms with van der Waals surface area (Å²) in [4.78, 5) is 10.8. The Kier molecular flexibility index (Phi) is 15.2. The normalized spacial score (nSPS) is 10.8. The summed E-state index contributed by atoms with van der Waals surface area (Å²) in [6.07, 6.45) is 19.8. The van der Waals surface area contributed by atoms with Crippen molar-refractivity contribution in [2.24, 2.45) is 0 Å². The summed E-state index contributed by atoms with van der Waals surface area (Å²) in [5.41, 5.74) is 0. The van der Waals surface area contributed by atoms with Crippen LogP contribution in [0, 0.1) is 0 Å². The van der Waals surface area contributed by atoms with Gasteiger partial charge < -0.3 is 4.74 Å². The first kappa shape index (κ1) is 18.9. The zero-order valence-electron chi connectivity index (χ0n) is 13.2. The molecule has 0 saturated carbocycles. The van der Waals surface area contributed by atoms with Crippen LogP contribution in [0.15, 0.2) is 24.8 Å². The Morgan fingerprint density at radius 2 is 1.45 bits per heavy atom. The van der Waals surface area contributed by atoms with Gasteiger partial charge in [0, 0.05) is 6.08 Å². The number of ether oxygens (including phenoxy) is 1. The number of unbranched alkanes of at least 4 members (excludes halogenated alkanes) is 9. The van der Waals surface area contributed by atoms with Gasteiger partial charge in [-0.2, -0.15) is 0 Å². The quantitative estimate of drug-likeness (QED) is 0.180. The summed E-state index contributed by atoms with van der Waals surface area (Å²) in [6, 6.07) is 0. The van der Waals surface area contributed by atoms with E-state index in [-0.39, 0.29) is 5.97 Å². The van der Waals surface area contributed by atoms with Gasteiger partial charge in [0.25, 0.3) is 0 Å². The largest absolute Gasteiger partial charge is 0.462 e. The van der Waals surface area contributed by atoms with Gasteiger partial charge in [-0.15, -0.1) is 0 Å². The lowest BCUT2D eigenvalue weighted by Gasteiger charge is -2.00. The Morgan fingerprint density at radius 1 is 0.900 bits per heavy atom. The maximum absolute atomic E-state index is 10.8. The number of carbonyl (C=O) groups is 1. The molecule has 0 rings (SSSR count). The SMILES string of the molecule is C=CC(=O)OCC/C=C/CCCCCCCCCCC. The third-order valence-corrected chi connectivity index (χ3v) is 3.34. The lowest BCUT2D eigenvalue weighted by atomic mass is 10.1. The minimum atomic E-state index is -0.336. The number of hydrogen-bond donors (Lipinski definition) is 0. The highest BCUT2D eigenvalue weighted by Crippen LogP contribution is 2.10. The highest BCUT2D eigenvalue weighted by atomic mass is 16.5. The average molecular weight is 280 g/mol. The molecule has 0 atom stereocenters. The van der Waals surface area contributed by atoms with Gasteiger partial charge in [-0.05, 0) is 19.3 Å². The molecular weight excluding hydrogens is 248 g/mol. The minimum Gasteiger partial charge on any atom is -0.462 e. The van der Waals surface area contributed by atoms with Crippen molar-refractivity contribution in [3.63, 3.8) is 0 Å². The Hall–Kier alpha value is -1.05. The summed E-state index contributed by atoms with van der Waals surface area (Å²) < 4.78 is 4.88. The van der Waals surface area contributed by atoms with Crippen molar-refractivity contribution in [1.29, 1.82) is 0 Å². The molecule has 116 valence electrons. The van der Waals surface area contributed by atoms with Crippen molar-refractivity contribution in [3.8, 4) is 0 Å². The first-order valence-electron chi connectivity index (χ1n) is 8.25. The predicted octanol–water partition coefficient (Wildman–Crippen LogP) is 5.58. The topological polar surface area (TPSA) is 26.3 Å². The van der Waals surface area contributed by atoms with Gasteiger partial charge in [-0.1, -0.05) is 77.0 Å². The van der Waals surface area contributed by atoms with Gasteiger partial charge in [-0.25, -0.2) is 4.79 Å². The molecule has 2 heteroatoms. The van der Waals surface area contributed by atoms with E-state index in [2.05, 4.69) is 25.7 Å². The van der Waals surface area contributed by atoms with E-state index in [0.717, 1.165) is 12.8 Å². The average Bonchev–Trinajstić information content (AvgIpc) is 2.47. The van der Waals surface area contributed by atoms with Crippen LogP contribution < -0.4 is 0 Å². The van der Waals surface area contributed by atoms with Crippen molar-refractivity contribution >= 4 is 5.97 Å². The monoisotopic (exact) mass is 280 g/mol. The van der Waals surface area contributed by atoms with E-state index in [1.807, 2.05) is 0 Å². The lowest BCUT2D eigenvalue weighted by Crippen LogP contribution is -2.00. The van der Waals surface area contributed by atoms with E-state index >= 15 is 0 Å². The minimum absolute atomic E-state index is 0.336. The van der Waals surface area contributed by atoms with Crippen LogP contribution in [-0.2, 0) is 9.53 Å². The Bertz CT molecular complexity index is 256. The molecule has 0 unspecified atom stereocenters. The summed E-state index contributed by atoms with van der Waals surface area (Å²) in [5, 5.41) is 0. The standard InChI is InChI=1S/C18H32O2/c1-3-5-6-7-8-9-10-11-12-13-14-15-16-17-20-18(19)4-2/h4,14-15H,2-3,5-13,16-17H2,1H3/b15-14+. The predicted molar refractivity (Wildman–Crippen MR) is 86.8 cm³/mol. The van der Waals surface area contributed by atoms with Crippen molar-refractivity contribution < 1.29 is 9.53 Å². The van der Waals surface area contributed by atoms with Gasteiger partial charge in [-0.3, -0.25) is 0 Å². The Morgan fingerprint density at radius 3 is 2.05 bits per heavy atom. The molecule has 0 bridgehead atoms. The third kappa shape index (κ3) is 15.0. The van der Waals surface area contributed by atoms with E-state index in [1.165, 1.54) is 63.9 Å². The number of carbonyl (C=O) groups excluding carboxylic acids is 1. The molecule has 0 aliphatic carbocycles. The van der Waals surface area contributed by atoms with E-state index in [0.29, 0.717) is 6.61 Å². The second-order valence-electron chi connectivity index (χ2n) is 5.25. The van der Waals surface area contributed by atoms with Crippen molar-refractivity contribution in [3.05, 3.63) is 24.8 Å². The molecule has 0 aromatic carbocycles. The Balaban J connectivity index is 3.11. The maximum Gasteiger partial charge on any atom is 0.330 e. The number of allylic oxidation sites excluding steroid dienone is 1. The first-order valence-corrected chi connectivity index (χ1v) is 8.25. The van der Waals surface area contributed by atoms with Gasteiger partial charge in [0.15, 0.2) is 0 Å². The molecule has 0 aliphatic heterocycles. The van der Waals surface area contributed by atoms with Crippen LogP contribution in [0.3, 0.4) is 0 Å². The summed E-state index contributed by atoms with van der Waals surface area (Å²) in [6.45, 7) is 6.07. The fourth-order valence-corrected chi connectivity index (χ4v) is 2.10. The molecule has 0 aromatic rings. The van der Waals surface area contributed by atoms with Gasteiger partial charge >= 0.3 is 5.97 Å². The Labute approximate surface area is 125 Å². The molecule has 0 radical (unpaired) electrons. The fraction of sp³-hybridized carbons (Fsp3) is 0.722. The maximum atomic E-state index is 10.8. The molecule has 2 nitrogen and oxygen atoms in total. The van der Waals surface area contributed by atoms with E-state index in [4.69, 9.17) is 4.74 Å².